The van der Waals surface area contributed by atoms with Crippen LogP contribution < -0.4 is 0 Å². The van der Waals surface area contributed by atoms with E-state index in [1.54, 1.807) is 0 Å². The number of rotatable bonds is 0. The van der Waals surface area contributed by atoms with Gasteiger partial charge in [0.2, 0.25) is 0 Å². The molecule has 3 fully saturated rings. The summed E-state index contributed by atoms with van der Waals surface area (Å²) in [6, 6.07) is 0. The fourth-order valence-electron chi connectivity index (χ4n) is 6.31. The second-order valence-corrected chi connectivity index (χ2v) is 8.56. The number of ketones is 1. The van der Waals surface area contributed by atoms with Gasteiger partial charge in [-0.3, -0.25) is 4.79 Å². The van der Waals surface area contributed by atoms with Crippen LogP contribution in [0.25, 0.3) is 0 Å². The van der Waals surface area contributed by atoms with E-state index in [4.69, 9.17) is 5.48 Å². The summed E-state index contributed by atoms with van der Waals surface area (Å²) in [5, 5.41) is 10.8. The van der Waals surface area contributed by atoms with E-state index in [9.17, 15) is 9.90 Å². The van der Waals surface area contributed by atoms with Crippen LogP contribution >= 0.6 is 0 Å². The number of aliphatic hydroxyl groups is 1. The third-order valence-corrected chi connectivity index (χ3v) is 7.56. The van der Waals surface area contributed by atoms with E-state index in [1.807, 2.05) is 0 Å². The first-order chi connectivity index (χ1) is 12.0. The van der Waals surface area contributed by atoms with Crippen LogP contribution in [0.4, 0.5) is 0 Å². The highest BCUT2D eigenvalue weighted by Crippen LogP contribution is 2.65. The Bertz CT molecular complexity index is 657. The minimum atomic E-state index is -2.20. The summed E-state index contributed by atoms with van der Waals surface area (Å²) in [5.74, 6) is 0.619. The fraction of sp³-hybridized carbons (Fsp3) is 0.850. The molecule has 0 aliphatic heterocycles. The SMILES string of the molecule is [2H]C1C[C@H]2[C@@H]3CC(C)[C@H](O)[C@@]3(C)CC[C@@H]2[C@@]2(C([2H])([2H])[2H])CCC(=O)C=C12. The molecule has 2 heteroatoms. The highest BCUT2D eigenvalue weighted by atomic mass is 16.3. The Labute approximate surface area is 140 Å². The maximum atomic E-state index is 12.0. The summed E-state index contributed by atoms with van der Waals surface area (Å²) < 4.78 is 33.9. The zero-order valence-corrected chi connectivity index (χ0v) is 13.6. The van der Waals surface area contributed by atoms with Crippen LogP contribution in [0.3, 0.4) is 0 Å². The van der Waals surface area contributed by atoms with Gasteiger partial charge in [-0.1, -0.05) is 26.3 Å². The lowest BCUT2D eigenvalue weighted by Crippen LogP contribution is -2.51. The highest BCUT2D eigenvalue weighted by Gasteiger charge is 2.60. The summed E-state index contributed by atoms with van der Waals surface area (Å²) in [7, 11) is 0. The highest BCUT2D eigenvalue weighted by molar-refractivity contribution is 5.91. The number of hydrogen-bond donors (Lipinski definition) is 1. The monoisotopic (exact) mass is 306 g/mol. The van der Waals surface area contributed by atoms with E-state index < -0.39 is 18.7 Å². The molecule has 0 amide bonds. The molecule has 122 valence electrons. The number of fused-ring (bicyclic) bond motifs is 5. The van der Waals surface area contributed by atoms with Gasteiger partial charge in [-0.15, -0.1) is 0 Å². The van der Waals surface area contributed by atoms with Crippen molar-refractivity contribution < 1.29 is 15.4 Å². The molecule has 0 aromatic rings. The fourth-order valence-corrected chi connectivity index (χ4v) is 6.31. The standard InChI is InChI=1S/C20H30O2/c1-12-10-17-15-5-4-13-11-14(21)6-8-19(13,2)16(15)7-9-20(17,3)18(12)22/h11-12,15-18,22H,4-10H2,1-3H3/t12?,15-,16+,17+,18+,19+,20+/m1/s1/i2D3,4D/t4?,12?,15-,16+,17+,18+,19+,20+. The van der Waals surface area contributed by atoms with Crippen molar-refractivity contribution in [2.45, 2.75) is 71.7 Å². The van der Waals surface area contributed by atoms with Gasteiger partial charge in [-0.05, 0) is 79.1 Å². The van der Waals surface area contributed by atoms with Crippen LogP contribution in [0, 0.1) is 34.5 Å². The van der Waals surface area contributed by atoms with E-state index in [0.29, 0.717) is 18.4 Å². The Morgan fingerprint density at radius 2 is 2.18 bits per heavy atom. The van der Waals surface area contributed by atoms with Crippen LogP contribution in [0.15, 0.2) is 11.6 Å². The van der Waals surface area contributed by atoms with Crippen molar-refractivity contribution in [1.82, 2.24) is 0 Å². The van der Waals surface area contributed by atoms with E-state index in [-0.39, 0.29) is 47.4 Å². The lowest BCUT2D eigenvalue weighted by molar-refractivity contribution is -0.118. The van der Waals surface area contributed by atoms with Crippen molar-refractivity contribution in [2.24, 2.45) is 34.5 Å². The van der Waals surface area contributed by atoms with E-state index in [1.165, 1.54) is 6.08 Å². The molecule has 1 N–H and O–H groups in total. The number of allylic oxidation sites excluding steroid dienone is 1. The third kappa shape index (κ3) is 1.79. The van der Waals surface area contributed by atoms with E-state index in [2.05, 4.69) is 13.8 Å². The van der Waals surface area contributed by atoms with Gasteiger partial charge in [-0.2, -0.15) is 0 Å². The minimum Gasteiger partial charge on any atom is -0.392 e. The smallest absolute Gasteiger partial charge is 0.155 e. The van der Waals surface area contributed by atoms with Gasteiger partial charge in [-0.25, -0.2) is 0 Å². The van der Waals surface area contributed by atoms with E-state index >= 15 is 0 Å². The van der Waals surface area contributed by atoms with Crippen LogP contribution in [-0.2, 0) is 4.79 Å². The Balaban J connectivity index is 1.82. The zero-order chi connectivity index (χ0) is 19.1. The van der Waals surface area contributed by atoms with Crippen molar-refractivity contribution >= 4 is 5.78 Å². The molecule has 0 aromatic heterocycles. The van der Waals surface area contributed by atoms with Gasteiger partial charge in [0.05, 0.1) is 6.10 Å². The molecule has 3 saturated carbocycles. The maximum absolute atomic E-state index is 12.0. The van der Waals surface area contributed by atoms with Crippen molar-refractivity contribution in [1.29, 1.82) is 0 Å². The van der Waals surface area contributed by atoms with Gasteiger partial charge in [0.1, 0.15) is 0 Å². The van der Waals surface area contributed by atoms with E-state index in [0.717, 1.165) is 19.3 Å². The molecular weight excluding hydrogens is 272 g/mol. The number of hydrogen-bond acceptors (Lipinski definition) is 2. The molecule has 0 spiro atoms. The molecule has 4 aliphatic carbocycles. The summed E-state index contributed by atoms with van der Waals surface area (Å²) >= 11 is 0. The molecule has 0 heterocycles. The van der Waals surface area contributed by atoms with Gasteiger partial charge in [0, 0.05) is 11.9 Å². The third-order valence-electron chi connectivity index (χ3n) is 7.56. The van der Waals surface area contributed by atoms with Crippen molar-refractivity contribution in [3.63, 3.8) is 0 Å². The largest absolute Gasteiger partial charge is 0.392 e. The van der Waals surface area contributed by atoms with Crippen LogP contribution in [0.1, 0.15) is 71.1 Å². The predicted octanol–water partition coefficient (Wildman–Crippen LogP) is 4.13. The average molecular weight is 306 g/mol. The molecule has 2 nitrogen and oxygen atoms in total. The van der Waals surface area contributed by atoms with Crippen LogP contribution in [0.2, 0.25) is 0 Å². The summed E-state index contributed by atoms with van der Waals surface area (Å²) in [5.41, 5.74) is -0.610. The van der Waals surface area contributed by atoms with Gasteiger partial charge in [0.15, 0.2) is 5.78 Å². The molecule has 4 aliphatic rings. The minimum absolute atomic E-state index is 0.00785. The van der Waals surface area contributed by atoms with Gasteiger partial charge in [0.25, 0.3) is 0 Å². The number of aliphatic hydroxyl groups excluding tert-OH is 1. The summed E-state index contributed by atoms with van der Waals surface area (Å²) in [4.78, 5) is 12.0. The van der Waals surface area contributed by atoms with Gasteiger partial charge >= 0.3 is 0 Å². The molecule has 0 aromatic carbocycles. The van der Waals surface area contributed by atoms with Gasteiger partial charge < -0.3 is 5.11 Å². The molecule has 0 saturated heterocycles. The quantitative estimate of drug-likeness (QED) is 0.731. The normalized spacial score (nSPS) is 60.9. The number of carbonyl (C=O) groups excluding carboxylic acids is 1. The molecule has 2 unspecified atom stereocenters. The first-order valence-corrected chi connectivity index (χ1v) is 8.87. The molecule has 4 rings (SSSR count). The Morgan fingerprint density at radius 1 is 1.36 bits per heavy atom. The Hall–Kier alpha value is -0.630. The average Bonchev–Trinajstić information content (AvgIpc) is 2.78. The van der Waals surface area contributed by atoms with Crippen LogP contribution in [-0.4, -0.2) is 17.0 Å². The molecule has 0 bridgehead atoms. The van der Waals surface area contributed by atoms with Crippen LogP contribution in [0.5, 0.6) is 0 Å². The second kappa shape index (κ2) is 4.69. The topological polar surface area (TPSA) is 37.3 Å². The Morgan fingerprint density at radius 3 is 2.95 bits per heavy atom. The van der Waals surface area contributed by atoms with Crippen molar-refractivity contribution in [2.75, 3.05) is 0 Å². The lowest BCUT2D eigenvalue weighted by atomic mass is 9.47. The zero-order valence-electron chi connectivity index (χ0n) is 17.6. The summed E-state index contributed by atoms with van der Waals surface area (Å²) in [6.07, 6.45) is 4.34. The lowest BCUT2D eigenvalue weighted by Gasteiger charge is -2.57. The Kier molecular flexibility index (Phi) is 2.35. The molecular formula is C20H30O2. The molecule has 8 atom stereocenters. The van der Waals surface area contributed by atoms with Crippen molar-refractivity contribution in [3.05, 3.63) is 11.6 Å². The molecule has 22 heavy (non-hydrogen) atoms. The maximum Gasteiger partial charge on any atom is 0.155 e. The molecule has 0 radical (unpaired) electrons. The predicted molar refractivity (Wildman–Crippen MR) is 87.3 cm³/mol. The second-order valence-electron chi connectivity index (χ2n) is 8.56. The summed E-state index contributed by atoms with van der Waals surface area (Å²) in [6.45, 7) is 2.06. The van der Waals surface area contributed by atoms with Crippen molar-refractivity contribution in [3.8, 4) is 0 Å². The first kappa shape index (κ1) is 11.0. The number of carbonyl (C=O) groups is 1. The first-order valence-electron chi connectivity index (χ1n) is 11.0.